The Balaban J connectivity index is 1.53. The molecule has 3 aromatic rings. The number of nitrogens with one attached hydrogen (secondary N) is 2. The van der Waals surface area contributed by atoms with E-state index in [-0.39, 0.29) is 28.7 Å². The van der Waals surface area contributed by atoms with Gasteiger partial charge in [-0.25, -0.2) is 18.7 Å². The summed E-state index contributed by atoms with van der Waals surface area (Å²) in [7, 11) is 0. The van der Waals surface area contributed by atoms with E-state index in [0.717, 1.165) is 25.0 Å². The average Bonchev–Trinajstić information content (AvgIpc) is 3.20. The van der Waals surface area contributed by atoms with Crippen LogP contribution in [0.2, 0.25) is 5.02 Å². The number of anilines is 3. The number of hydrogen-bond donors (Lipinski definition) is 3. The fraction of sp³-hybridized carbons (Fsp3) is 0.500. The van der Waals surface area contributed by atoms with Crippen LogP contribution < -0.4 is 16.4 Å². The van der Waals surface area contributed by atoms with Crippen molar-refractivity contribution in [1.29, 1.82) is 0 Å². The summed E-state index contributed by atoms with van der Waals surface area (Å²) in [4.78, 5) is 25.8. The van der Waals surface area contributed by atoms with Crippen LogP contribution in [-0.2, 0) is 9.53 Å². The maximum absolute atomic E-state index is 14.6. The second-order valence-corrected chi connectivity index (χ2v) is 10.2. The van der Waals surface area contributed by atoms with Crippen molar-refractivity contribution in [2.45, 2.75) is 57.5 Å². The molecule has 0 atom stereocenters. The number of fused-ring (bicyclic) bond motifs is 1. The van der Waals surface area contributed by atoms with Crippen molar-refractivity contribution in [3.63, 3.8) is 0 Å². The summed E-state index contributed by atoms with van der Waals surface area (Å²) >= 11 is 6.15. The SMILES string of the molecule is CC1(C(N)=O)CCC(n2c(Nc3c(F)cc(F)cc3Cl)nc3cnc(NC4CCOCC4)nc32)CC1. The molecule has 1 aromatic carbocycles. The summed E-state index contributed by atoms with van der Waals surface area (Å²) < 4.78 is 35.6. The number of nitrogens with two attached hydrogens (primary N) is 1. The number of hydrogen-bond acceptors (Lipinski definition) is 7. The first kappa shape index (κ1) is 24.6. The Bertz CT molecular complexity index is 1260. The predicted octanol–water partition coefficient (Wildman–Crippen LogP) is 4.70. The van der Waals surface area contributed by atoms with Gasteiger partial charge < -0.3 is 21.1 Å². The molecular weight excluding hydrogens is 492 g/mol. The van der Waals surface area contributed by atoms with Crippen molar-refractivity contribution in [3.05, 3.63) is 35.0 Å². The van der Waals surface area contributed by atoms with E-state index in [1.54, 1.807) is 6.20 Å². The van der Waals surface area contributed by atoms with E-state index in [2.05, 4.69) is 20.6 Å². The molecule has 3 heterocycles. The van der Waals surface area contributed by atoms with Gasteiger partial charge in [-0.15, -0.1) is 0 Å². The molecule has 36 heavy (non-hydrogen) atoms. The lowest BCUT2D eigenvalue weighted by molar-refractivity contribution is -0.128. The van der Waals surface area contributed by atoms with Gasteiger partial charge in [-0.3, -0.25) is 9.36 Å². The molecule has 1 aliphatic carbocycles. The molecule has 1 saturated heterocycles. The van der Waals surface area contributed by atoms with Crippen molar-refractivity contribution >= 4 is 46.3 Å². The minimum Gasteiger partial charge on any atom is -0.381 e. The van der Waals surface area contributed by atoms with Gasteiger partial charge in [0.15, 0.2) is 11.5 Å². The van der Waals surface area contributed by atoms with E-state index in [1.165, 1.54) is 0 Å². The van der Waals surface area contributed by atoms with Crippen molar-refractivity contribution in [2.24, 2.45) is 11.1 Å². The first-order valence-electron chi connectivity index (χ1n) is 12.0. The quantitative estimate of drug-likeness (QED) is 0.431. The summed E-state index contributed by atoms with van der Waals surface area (Å²) in [5.41, 5.74) is 6.05. The lowest BCUT2D eigenvalue weighted by Gasteiger charge is -2.35. The monoisotopic (exact) mass is 519 g/mol. The Morgan fingerprint density at radius 3 is 2.58 bits per heavy atom. The number of carbonyl (C=O) groups excluding carboxylic acids is 1. The molecule has 0 bridgehead atoms. The van der Waals surface area contributed by atoms with E-state index in [1.807, 2.05) is 11.5 Å². The lowest BCUT2D eigenvalue weighted by atomic mass is 9.73. The number of halogens is 3. The summed E-state index contributed by atoms with van der Waals surface area (Å²) in [5, 5.41) is 6.21. The maximum atomic E-state index is 14.6. The smallest absolute Gasteiger partial charge is 0.224 e. The van der Waals surface area contributed by atoms with E-state index in [0.29, 0.717) is 62.0 Å². The highest BCUT2D eigenvalue weighted by Gasteiger charge is 2.38. The fourth-order valence-corrected chi connectivity index (χ4v) is 5.18. The molecule has 4 N–H and O–H groups in total. The Hall–Kier alpha value is -3.05. The van der Waals surface area contributed by atoms with E-state index in [4.69, 9.17) is 27.1 Å². The molecule has 2 aliphatic rings. The van der Waals surface area contributed by atoms with Gasteiger partial charge in [-0.1, -0.05) is 18.5 Å². The zero-order valence-electron chi connectivity index (χ0n) is 19.9. The molecule has 1 amide bonds. The Morgan fingerprint density at radius 2 is 1.92 bits per heavy atom. The number of amides is 1. The topological polar surface area (TPSA) is 120 Å². The molecule has 1 saturated carbocycles. The number of primary amides is 1. The van der Waals surface area contributed by atoms with Crippen LogP contribution in [0.25, 0.3) is 11.2 Å². The number of carbonyl (C=O) groups is 1. The van der Waals surface area contributed by atoms with Gasteiger partial charge in [0.25, 0.3) is 0 Å². The highest BCUT2D eigenvalue weighted by molar-refractivity contribution is 6.33. The molecule has 2 fully saturated rings. The van der Waals surface area contributed by atoms with Crippen LogP contribution in [0.15, 0.2) is 18.3 Å². The molecule has 2 aromatic heterocycles. The highest BCUT2D eigenvalue weighted by atomic mass is 35.5. The fourth-order valence-electron chi connectivity index (χ4n) is 4.94. The molecular formula is C24H28ClF2N7O2. The molecule has 0 spiro atoms. The van der Waals surface area contributed by atoms with E-state index in [9.17, 15) is 13.6 Å². The second kappa shape index (κ2) is 9.78. The first-order valence-corrected chi connectivity index (χ1v) is 12.4. The van der Waals surface area contributed by atoms with Gasteiger partial charge in [0.05, 0.1) is 16.9 Å². The van der Waals surface area contributed by atoms with Crippen molar-refractivity contribution < 1.29 is 18.3 Å². The van der Waals surface area contributed by atoms with Gasteiger partial charge in [-0.2, -0.15) is 4.98 Å². The Morgan fingerprint density at radius 1 is 1.19 bits per heavy atom. The van der Waals surface area contributed by atoms with Crippen molar-refractivity contribution in [1.82, 2.24) is 19.5 Å². The van der Waals surface area contributed by atoms with Crippen LogP contribution in [-0.4, -0.2) is 44.7 Å². The van der Waals surface area contributed by atoms with Gasteiger partial charge in [0.1, 0.15) is 11.3 Å². The van der Waals surface area contributed by atoms with Crippen LogP contribution in [0.4, 0.5) is 26.4 Å². The Labute approximate surface area is 211 Å². The summed E-state index contributed by atoms with van der Waals surface area (Å²) in [6.45, 7) is 3.23. The van der Waals surface area contributed by atoms with Crippen LogP contribution in [0.5, 0.6) is 0 Å². The Kier molecular flexibility index (Phi) is 6.69. The van der Waals surface area contributed by atoms with Gasteiger partial charge in [0.2, 0.25) is 17.8 Å². The lowest BCUT2D eigenvalue weighted by Crippen LogP contribution is -2.38. The third-order valence-electron chi connectivity index (χ3n) is 7.25. The zero-order valence-corrected chi connectivity index (χ0v) is 20.6. The van der Waals surface area contributed by atoms with Gasteiger partial charge in [-0.05, 0) is 44.6 Å². The number of rotatable bonds is 6. The van der Waals surface area contributed by atoms with Gasteiger partial charge >= 0.3 is 0 Å². The van der Waals surface area contributed by atoms with Crippen LogP contribution in [0, 0.1) is 17.0 Å². The van der Waals surface area contributed by atoms with Crippen LogP contribution in [0.3, 0.4) is 0 Å². The summed E-state index contributed by atoms with van der Waals surface area (Å²) in [6.07, 6.45) is 5.79. The minimum atomic E-state index is -0.837. The van der Waals surface area contributed by atoms with Crippen LogP contribution >= 0.6 is 11.6 Å². The number of aromatic nitrogens is 4. The highest BCUT2D eigenvalue weighted by Crippen LogP contribution is 2.43. The zero-order chi connectivity index (χ0) is 25.4. The maximum Gasteiger partial charge on any atom is 0.224 e. The number of ether oxygens (including phenoxy) is 1. The molecule has 9 nitrogen and oxygen atoms in total. The standard InChI is InChI=1S/C24H28ClF2N7O2/c1-24(21(28)35)6-2-15(3-7-24)34-20-18(12-29-22(33-20)30-14-4-8-36-9-5-14)31-23(34)32-19-16(25)10-13(26)11-17(19)27/h10-12,14-15H,2-9H2,1H3,(H2,28,35)(H,31,32)(H,29,30,33). The van der Waals surface area contributed by atoms with Crippen molar-refractivity contribution in [2.75, 3.05) is 23.8 Å². The van der Waals surface area contributed by atoms with E-state index >= 15 is 0 Å². The normalized spacial score (nSPS) is 23.1. The number of benzene rings is 1. The second-order valence-electron chi connectivity index (χ2n) is 9.76. The molecule has 192 valence electrons. The molecule has 5 rings (SSSR count). The summed E-state index contributed by atoms with van der Waals surface area (Å²) in [6, 6.07) is 1.91. The molecule has 1 aliphatic heterocycles. The van der Waals surface area contributed by atoms with Crippen LogP contribution in [0.1, 0.15) is 51.5 Å². The molecule has 0 radical (unpaired) electrons. The number of nitrogens with zero attached hydrogens (tertiary/aromatic N) is 4. The largest absolute Gasteiger partial charge is 0.381 e. The molecule has 0 unspecified atom stereocenters. The number of imidazole rings is 1. The predicted molar refractivity (Wildman–Crippen MR) is 132 cm³/mol. The first-order chi connectivity index (χ1) is 17.2. The minimum absolute atomic E-state index is 0.0825. The van der Waals surface area contributed by atoms with E-state index < -0.39 is 17.0 Å². The third kappa shape index (κ3) is 4.81. The molecule has 12 heteroatoms. The third-order valence-corrected chi connectivity index (χ3v) is 7.55. The van der Waals surface area contributed by atoms with Gasteiger partial charge in [0, 0.05) is 36.8 Å². The average molecular weight is 520 g/mol. The summed E-state index contributed by atoms with van der Waals surface area (Å²) in [5.74, 6) is -1.16. The van der Waals surface area contributed by atoms with Crippen molar-refractivity contribution in [3.8, 4) is 0 Å².